The first kappa shape index (κ1) is 22.6. The fourth-order valence-electron chi connectivity index (χ4n) is 0. The van der Waals surface area contributed by atoms with Gasteiger partial charge < -0.3 is 10.2 Å². The molecule has 0 rings (SSSR count). The normalized spacial score (nSPS) is 5.73. The van der Waals surface area contributed by atoms with Crippen LogP contribution in [0.15, 0.2) is 0 Å². The zero-order valence-corrected chi connectivity index (χ0v) is 9.20. The SMILES string of the molecule is CCCO.CCCO.Cl.[O]=[V]. The molecule has 0 amide bonds. The van der Waals surface area contributed by atoms with E-state index in [0.29, 0.717) is 13.2 Å². The summed E-state index contributed by atoms with van der Waals surface area (Å²) in [5.74, 6) is 0. The van der Waals surface area contributed by atoms with Crippen molar-refractivity contribution in [3.05, 3.63) is 0 Å². The van der Waals surface area contributed by atoms with Gasteiger partial charge in [-0.25, -0.2) is 0 Å². The quantitative estimate of drug-likeness (QED) is 0.737. The molecule has 2 N–H and O–H groups in total. The standard InChI is InChI=1S/2C3H8O.ClH.O.V/c2*1-2-3-4;;;/h2*4H,2-3H2,1H3;1H;;. The number of halogens is 1. The Hall–Kier alpha value is 0.594. The molecule has 0 aromatic rings. The van der Waals surface area contributed by atoms with Gasteiger partial charge in [0.15, 0.2) is 0 Å². The molecular formula is C6H17ClO3V. The van der Waals surface area contributed by atoms with Gasteiger partial charge in [-0.15, -0.1) is 12.4 Å². The minimum absolute atomic E-state index is 0. The van der Waals surface area contributed by atoms with Crippen LogP contribution in [-0.4, -0.2) is 23.4 Å². The summed E-state index contributed by atoms with van der Waals surface area (Å²) in [5, 5.41) is 15.8. The van der Waals surface area contributed by atoms with Gasteiger partial charge in [-0.05, 0) is 12.8 Å². The number of hydrogen-bond acceptors (Lipinski definition) is 3. The third-order valence-electron chi connectivity index (χ3n) is 0.447. The molecule has 0 atom stereocenters. The van der Waals surface area contributed by atoms with Crippen LogP contribution in [0.2, 0.25) is 0 Å². The Morgan fingerprint density at radius 1 is 1.00 bits per heavy atom. The van der Waals surface area contributed by atoms with Gasteiger partial charge in [0, 0.05) is 13.2 Å². The zero-order valence-electron chi connectivity index (χ0n) is 6.99. The third kappa shape index (κ3) is 116. The molecule has 0 heterocycles. The molecule has 0 saturated carbocycles. The zero-order chi connectivity index (χ0) is 8.83. The molecule has 0 aliphatic heterocycles. The van der Waals surface area contributed by atoms with E-state index in [1.54, 1.807) is 0 Å². The van der Waals surface area contributed by atoms with E-state index in [-0.39, 0.29) is 12.4 Å². The first-order chi connectivity index (χ1) is 4.83. The van der Waals surface area contributed by atoms with Crippen molar-refractivity contribution in [1.82, 2.24) is 0 Å². The summed E-state index contributed by atoms with van der Waals surface area (Å²) >= 11 is 1.06. The van der Waals surface area contributed by atoms with Crippen molar-refractivity contribution in [3.63, 3.8) is 0 Å². The van der Waals surface area contributed by atoms with Crippen LogP contribution in [0.5, 0.6) is 0 Å². The summed E-state index contributed by atoms with van der Waals surface area (Å²) in [4.78, 5) is 0. The third-order valence-corrected chi connectivity index (χ3v) is 0.447. The van der Waals surface area contributed by atoms with E-state index in [2.05, 4.69) is 0 Å². The molecule has 0 radical (unpaired) electrons. The Labute approximate surface area is 83.8 Å². The van der Waals surface area contributed by atoms with E-state index >= 15 is 0 Å². The van der Waals surface area contributed by atoms with Crippen LogP contribution in [0.25, 0.3) is 0 Å². The van der Waals surface area contributed by atoms with Crippen molar-refractivity contribution in [2.75, 3.05) is 13.2 Å². The number of hydrogen-bond donors (Lipinski definition) is 2. The first-order valence-corrected chi connectivity index (χ1v) is 3.80. The van der Waals surface area contributed by atoms with E-state index in [0.717, 1.165) is 30.2 Å². The monoisotopic (exact) mass is 223 g/mol. The molecule has 0 fully saturated rings. The molecule has 0 saturated heterocycles. The van der Waals surface area contributed by atoms with Gasteiger partial charge in [0.2, 0.25) is 0 Å². The average Bonchev–Trinajstić information content (AvgIpc) is 2.08. The summed E-state index contributed by atoms with van der Waals surface area (Å²) in [7, 11) is 0. The second-order valence-corrected chi connectivity index (χ2v) is 1.45. The average molecular weight is 224 g/mol. The van der Waals surface area contributed by atoms with E-state index in [9.17, 15) is 0 Å². The van der Waals surface area contributed by atoms with Crippen LogP contribution in [0.1, 0.15) is 26.7 Å². The molecule has 5 heteroatoms. The molecule has 0 aliphatic carbocycles. The fraction of sp³-hybridized carbons (Fsp3) is 1.00. The van der Waals surface area contributed by atoms with Crippen LogP contribution >= 0.6 is 12.4 Å². The second-order valence-electron chi connectivity index (χ2n) is 1.45. The minimum atomic E-state index is 0. The van der Waals surface area contributed by atoms with Gasteiger partial charge in [0.25, 0.3) is 0 Å². The van der Waals surface area contributed by atoms with Crippen molar-refractivity contribution in [3.8, 4) is 0 Å². The molecule has 0 aliphatic rings. The second kappa shape index (κ2) is 46.2. The number of aliphatic hydroxyl groups is 2. The van der Waals surface area contributed by atoms with Crippen LogP contribution in [0, 0.1) is 0 Å². The maximum atomic E-state index is 8.19. The van der Waals surface area contributed by atoms with Gasteiger partial charge >= 0.3 is 21.0 Å². The molecule has 0 aromatic carbocycles. The predicted octanol–water partition coefficient (Wildman–Crippen LogP) is 1.08. The van der Waals surface area contributed by atoms with Crippen molar-refractivity contribution < 1.29 is 31.3 Å². The predicted molar refractivity (Wildman–Crippen MR) is 42.7 cm³/mol. The molecule has 0 bridgehead atoms. The van der Waals surface area contributed by atoms with Gasteiger partial charge in [0.1, 0.15) is 0 Å². The summed E-state index contributed by atoms with van der Waals surface area (Å²) in [5.41, 5.74) is 0. The Balaban J connectivity index is -0.0000000339. The topological polar surface area (TPSA) is 57.5 Å². The Kier molecular flexibility index (Phi) is 94.8. The van der Waals surface area contributed by atoms with E-state index in [4.69, 9.17) is 13.9 Å². The van der Waals surface area contributed by atoms with Crippen molar-refractivity contribution in [2.24, 2.45) is 0 Å². The van der Waals surface area contributed by atoms with Gasteiger partial charge in [-0.3, -0.25) is 0 Å². The van der Waals surface area contributed by atoms with E-state index in [1.165, 1.54) is 0 Å². The Bertz CT molecular complexity index is 33.0. The van der Waals surface area contributed by atoms with Crippen molar-refractivity contribution >= 4 is 12.4 Å². The van der Waals surface area contributed by atoms with Crippen molar-refractivity contribution in [1.29, 1.82) is 0 Å². The van der Waals surface area contributed by atoms with Crippen LogP contribution in [0.4, 0.5) is 0 Å². The molecule has 3 nitrogen and oxygen atoms in total. The molecule has 0 unspecified atom stereocenters. The Morgan fingerprint density at radius 3 is 1.09 bits per heavy atom. The van der Waals surface area contributed by atoms with Gasteiger partial charge in [-0.2, -0.15) is 0 Å². The summed E-state index contributed by atoms with van der Waals surface area (Å²) in [6, 6.07) is 0. The van der Waals surface area contributed by atoms with E-state index < -0.39 is 0 Å². The van der Waals surface area contributed by atoms with Crippen LogP contribution in [-0.2, 0) is 21.0 Å². The number of aliphatic hydroxyl groups excluding tert-OH is 2. The van der Waals surface area contributed by atoms with Crippen LogP contribution in [0.3, 0.4) is 0 Å². The number of rotatable bonds is 2. The molecule has 71 valence electrons. The maximum absolute atomic E-state index is 8.19. The summed E-state index contributed by atoms with van der Waals surface area (Å²) in [6.07, 6.45) is 1.75. The molecular weight excluding hydrogens is 206 g/mol. The fourth-order valence-corrected chi connectivity index (χ4v) is 0. The summed E-state index contributed by atoms with van der Waals surface area (Å²) < 4.78 is 8.19. The van der Waals surface area contributed by atoms with E-state index in [1.807, 2.05) is 13.8 Å². The Morgan fingerprint density at radius 2 is 1.09 bits per heavy atom. The molecule has 0 aromatic heterocycles. The van der Waals surface area contributed by atoms with Gasteiger partial charge in [-0.1, -0.05) is 13.8 Å². The molecule has 0 spiro atoms. The molecule has 11 heavy (non-hydrogen) atoms. The first-order valence-electron chi connectivity index (χ1n) is 3.23. The van der Waals surface area contributed by atoms with Crippen molar-refractivity contribution in [2.45, 2.75) is 26.7 Å². The van der Waals surface area contributed by atoms with Gasteiger partial charge in [0.05, 0.1) is 0 Å². The summed E-state index contributed by atoms with van der Waals surface area (Å²) in [6.45, 7) is 4.50. The van der Waals surface area contributed by atoms with Crippen LogP contribution < -0.4 is 0 Å².